The lowest BCUT2D eigenvalue weighted by atomic mass is 10.1. The fourth-order valence-electron chi connectivity index (χ4n) is 3.90. The van der Waals surface area contributed by atoms with Crippen LogP contribution in [0.2, 0.25) is 0 Å². The van der Waals surface area contributed by atoms with Gasteiger partial charge in [0.05, 0.1) is 11.7 Å². The number of anilines is 3. The molecule has 148 valence electrons. The van der Waals surface area contributed by atoms with Gasteiger partial charge in [-0.05, 0) is 31.5 Å². The minimum absolute atomic E-state index is 0.0197. The molecule has 2 aliphatic heterocycles. The van der Waals surface area contributed by atoms with Gasteiger partial charge in [-0.1, -0.05) is 0 Å². The number of nitrogens with one attached hydrogen (secondary N) is 3. The highest BCUT2D eigenvalue weighted by Gasteiger charge is 2.40. The second-order valence-corrected chi connectivity index (χ2v) is 7.06. The van der Waals surface area contributed by atoms with Crippen molar-refractivity contribution in [2.75, 3.05) is 34.8 Å². The summed E-state index contributed by atoms with van der Waals surface area (Å²) in [6.07, 6.45) is 4.25. The first-order chi connectivity index (χ1) is 14.1. The average molecular weight is 392 g/mol. The van der Waals surface area contributed by atoms with Crippen molar-refractivity contribution in [2.45, 2.75) is 19.4 Å². The summed E-state index contributed by atoms with van der Waals surface area (Å²) < 4.78 is 0. The van der Waals surface area contributed by atoms with E-state index in [2.05, 4.69) is 35.5 Å². The highest BCUT2D eigenvalue weighted by molar-refractivity contribution is 6.04. The zero-order valence-corrected chi connectivity index (χ0v) is 15.8. The molecule has 0 saturated carbocycles. The van der Waals surface area contributed by atoms with Crippen LogP contribution in [-0.2, 0) is 0 Å². The van der Waals surface area contributed by atoms with Gasteiger partial charge < -0.3 is 15.2 Å². The quantitative estimate of drug-likeness (QED) is 0.625. The number of fused-ring (bicyclic) bond motifs is 5. The Bertz CT molecular complexity index is 1110. The molecular formula is C19H20N8O2. The number of pyridine rings is 1. The van der Waals surface area contributed by atoms with Crippen molar-refractivity contribution in [1.29, 1.82) is 0 Å². The van der Waals surface area contributed by atoms with Crippen molar-refractivity contribution >= 4 is 40.4 Å². The first-order valence-corrected chi connectivity index (χ1v) is 9.58. The van der Waals surface area contributed by atoms with E-state index in [0.29, 0.717) is 18.0 Å². The maximum absolute atomic E-state index is 13.2. The maximum atomic E-state index is 13.2. The van der Waals surface area contributed by atoms with Crippen LogP contribution < -0.4 is 20.4 Å². The van der Waals surface area contributed by atoms with Crippen LogP contribution >= 0.6 is 0 Å². The van der Waals surface area contributed by atoms with Gasteiger partial charge in [0.25, 0.3) is 5.91 Å². The third-order valence-electron chi connectivity index (χ3n) is 5.26. The molecule has 0 radical (unpaired) electrons. The summed E-state index contributed by atoms with van der Waals surface area (Å²) in [5.41, 5.74) is 1.79. The topological polar surface area (TPSA) is 119 Å². The molecule has 3 aromatic rings. The molecule has 1 atom stereocenters. The summed E-state index contributed by atoms with van der Waals surface area (Å²) in [5.74, 6) is 0.442. The highest BCUT2D eigenvalue weighted by Crippen LogP contribution is 2.39. The molecular weight excluding hydrogens is 372 g/mol. The van der Waals surface area contributed by atoms with Crippen molar-refractivity contribution in [1.82, 2.24) is 25.3 Å². The lowest BCUT2D eigenvalue weighted by Gasteiger charge is -2.35. The highest BCUT2D eigenvalue weighted by atomic mass is 16.2. The van der Waals surface area contributed by atoms with Gasteiger partial charge in [0.1, 0.15) is 11.3 Å². The van der Waals surface area contributed by atoms with Crippen LogP contribution in [0, 0.1) is 0 Å². The smallest absolute Gasteiger partial charge is 0.330 e. The number of carbonyl (C=O) groups excluding carboxylic acids is 2. The molecule has 10 nitrogen and oxygen atoms in total. The summed E-state index contributed by atoms with van der Waals surface area (Å²) >= 11 is 0. The Morgan fingerprint density at radius 2 is 2.17 bits per heavy atom. The van der Waals surface area contributed by atoms with Gasteiger partial charge in [-0.2, -0.15) is 4.98 Å². The minimum atomic E-state index is -0.357. The number of aromatic nitrogens is 4. The van der Waals surface area contributed by atoms with Gasteiger partial charge in [-0.15, -0.1) is 0 Å². The summed E-state index contributed by atoms with van der Waals surface area (Å²) in [6, 6.07) is 5.04. The summed E-state index contributed by atoms with van der Waals surface area (Å²) in [6.45, 7) is 3.94. The number of nitrogens with zero attached hydrogens (tertiary/aromatic N) is 5. The second-order valence-electron chi connectivity index (χ2n) is 7.06. The van der Waals surface area contributed by atoms with E-state index in [4.69, 9.17) is 0 Å². The fraction of sp³-hybridized carbons (Fsp3) is 0.316. The zero-order valence-electron chi connectivity index (χ0n) is 15.8. The summed E-state index contributed by atoms with van der Waals surface area (Å²) in [7, 11) is 0. The van der Waals surface area contributed by atoms with E-state index in [0.717, 1.165) is 30.6 Å². The number of rotatable bonds is 3. The Hall–Kier alpha value is -3.69. The lowest BCUT2D eigenvalue weighted by Crippen LogP contribution is -2.48. The molecule has 0 aliphatic carbocycles. The van der Waals surface area contributed by atoms with Gasteiger partial charge in [0.2, 0.25) is 5.95 Å². The number of H-pyrrole nitrogens is 1. The van der Waals surface area contributed by atoms with Crippen molar-refractivity contribution in [3.05, 3.63) is 36.3 Å². The van der Waals surface area contributed by atoms with Crippen LogP contribution in [0.4, 0.5) is 22.2 Å². The Balaban J connectivity index is 1.48. The first-order valence-electron chi connectivity index (χ1n) is 9.58. The fourth-order valence-corrected chi connectivity index (χ4v) is 3.90. The van der Waals surface area contributed by atoms with Gasteiger partial charge in [0.15, 0.2) is 5.82 Å². The SMILES string of the molecule is CCNC(=O)c1ccc2c(n1)N(C(=O)Nc1ncc3cc[nH]c3n1)C1CCN2C1. The Morgan fingerprint density at radius 1 is 1.28 bits per heavy atom. The molecule has 10 heteroatoms. The maximum Gasteiger partial charge on any atom is 0.330 e. The van der Waals surface area contributed by atoms with E-state index >= 15 is 0 Å². The normalized spacial score (nSPS) is 17.3. The average Bonchev–Trinajstić information content (AvgIpc) is 3.35. The largest absolute Gasteiger partial charge is 0.366 e. The number of hydrogen-bond acceptors (Lipinski definition) is 6. The molecule has 0 aromatic carbocycles. The molecule has 1 unspecified atom stereocenters. The van der Waals surface area contributed by atoms with Gasteiger partial charge >= 0.3 is 6.03 Å². The van der Waals surface area contributed by atoms with Crippen LogP contribution in [0.5, 0.6) is 0 Å². The molecule has 2 aliphatic rings. The van der Waals surface area contributed by atoms with Crippen molar-refractivity contribution in [3.8, 4) is 0 Å². The molecule has 2 bridgehead atoms. The molecule has 3 aromatic heterocycles. The predicted octanol–water partition coefficient (Wildman–Crippen LogP) is 1.73. The molecule has 0 spiro atoms. The standard InChI is InChI=1S/C19H20N8O2/c1-2-20-17(28)13-3-4-14-16(23-13)27(12-6-8-26(14)10-12)19(29)25-18-22-9-11-5-7-21-15(11)24-18/h3-5,7,9,12H,2,6,8,10H2,1H3,(H,20,28)(H2,21,22,24,25,29). The number of aromatic amines is 1. The van der Waals surface area contributed by atoms with E-state index in [1.807, 2.05) is 19.1 Å². The molecule has 5 heterocycles. The van der Waals surface area contributed by atoms with E-state index in [9.17, 15) is 9.59 Å². The Labute approximate surface area is 166 Å². The van der Waals surface area contributed by atoms with Gasteiger partial charge in [-0.3, -0.25) is 15.0 Å². The van der Waals surface area contributed by atoms with Crippen LogP contribution in [0.25, 0.3) is 11.0 Å². The number of urea groups is 1. The predicted molar refractivity (Wildman–Crippen MR) is 108 cm³/mol. The first kappa shape index (κ1) is 17.4. The minimum Gasteiger partial charge on any atom is -0.366 e. The van der Waals surface area contributed by atoms with Crippen LogP contribution in [0.3, 0.4) is 0 Å². The molecule has 29 heavy (non-hydrogen) atoms. The Kier molecular flexibility index (Phi) is 4.04. The zero-order chi connectivity index (χ0) is 20.0. The van der Waals surface area contributed by atoms with E-state index in [-0.39, 0.29) is 29.6 Å². The van der Waals surface area contributed by atoms with Crippen LogP contribution in [-0.4, -0.2) is 57.6 Å². The molecule has 5 rings (SSSR count). The monoisotopic (exact) mass is 392 g/mol. The Morgan fingerprint density at radius 3 is 3.03 bits per heavy atom. The molecule has 1 fully saturated rings. The van der Waals surface area contributed by atoms with E-state index in [1.54, 1.807) is 23.4 Å². The van der Waals surface area contributed by atoms with Crippen molar-refractivity contribution in [2.24, 2.45) is 0 Å². The number of amides is 3. The van der Waals surface area contributed by atoms with Crippen LogP contribution in [0.1, 0.15) is 23.8 Å². The second kappa shape index (κ2) is 6.73. The van der Waals surface area contributed by atoms with Crippen LogP contribution in [0.15, 0.2) is 30.6 Å². The van der Waals surface area contributed by atoms with Crippen molar-refractivity contribution < 1.29 is 9.59 Å². The van der Waals surface area contributed by atoms with E-state index < -0.39 is 0 Å². The summed E-state index contributed by atoms with van der Waals surface area (Å²) in [5, 5.41) is 6.39. The third-order valence-corrected chi connectivity index (χ3v) is 5.26. The van der Waals surface area contributed by atoms with Gasteiger partial charge in [0, 0.05) is 37.4 Å². The number of carbonyl (C=O) groups is 2. The molecule has 1 saturated heterocycles. The number of hydrogen-bond donors (Lipinski definition) is 3. The third kappa shape index (κ3) is 2.93. The van der Waals surface area contributed by atoms with Gasteiger partial charge in [-0.25, -0.2) is 14.8 Å². The molecule has 3 N–H and O–H groups in total. The van der Waals surface area contributed by atoms with E-state index in [1.165, 1.54) is 0 Å². The lowest BCUT2D eigenvalue weighted by molar-refractivity contribution is 0.0951. The molecule has 3 amide bonds. The summed E-state index contributed by atoms with van der Waals surface area (Å²) in [4.78, 5) is 45.3. The van der Waals surface area contributed by atoms with Crippen molar-refractivity contribution in [3.63, 3.8) is 0 Å².